The van der Waals surface area contributed by atoms with Crippen molar-refractivity contribution in [2.75, 3.05) is 0 Å². The molecule has 21 heavy (non-hydrogen) atoms. The number of hydrogen-bond donors (Lipinski definition) is 1. The number of amides is 1. The topological polar surface area (TPSA) is 32.3 Å². The molecule has 0 bridgehead atoms. The van der Waals surface area contributed by atoms with E-state index in [9.17, 15) is 18.0 Å². The average Bonchev–Trinajstić information content (AvgIpc) is 2.87. The molecule has 1 aliphatic carbocycles. The number of carbonyl (C=O) groups is 1. The van der Waals surface area contributed by atoms with Gasteiger partial charge in [-0.05, 0) is 30.2 Å². The molecule has 2 fully saturated rings. The van der Waals surface area contributed by atoms with E-state index in [4.69, 9.17) is 0 Å². The van der Waals surface area contributed by atoms with Crippen molar-refractivity contribution in [3.8, 4) is 0 Å². The van der Waals surface area contributed by atoms with Crippen LogP contribution in [0.5, 0.6) is 0 Å². The van der Waals surface area contributed by atoms with Gasteiger partial charge in [-0.1, -0.05) is 19.9 Å². The van der Waals surface area contributed by atoms with Crippen LogP contribution in [0, 0.1) is 5.92 Å². The van der Waals surface area contributed by atoms with Crippen LogP contribution in [-0.2, 0) is 4.79 Å². The van der Waals surface area contributed by atoms with E-state index in [1.54, 1.807) is 12.1 Å². The van der Waals surface area contributed by atoms with E-state index in [0.29, 0.717) is 0 Å². The summed E-state index contributed by atoms with van der Waals surface area (Å²) in [4.78, 5) is 14.4. The van der Waals surface area contributed by atoms with Crippen molar-refractivity contribution in [1.29, 1.82) is 0 Å². The van der Waals surface area contributed by atoms with E-state index < -0.39 is 29.8 Å². The van der Waals surface area contributed by atoms with Crippen LogP contribution in [0.1, 0.15) is 37.7 Å². The first kappa shape index (κ1) is 14.8. The minimum absolute atomic E-state index is 0.00336. The van der Waals surface area contributed by atoms with Gasteiger partial charge in [0.2, 0.25) is 5.91 Å². The van der Waals surface area contributed by atoms with Crippen LogP contribution in [0.25, 0.3) is 0 Å². The molecule has 0 radical (unpaired) electrons. The fourth-order valence-corrected chi connectivity index (χ4v) is 3.74. The number of rotatable bonds is 3. The third-order valence-electron chi connectivity index (χ3n) is 4.29. The van der Waals surface area contributed by atoms with Crippen molar-refractivity contribution < 1.29 is 18.0 Å². The molecule has 0 spiro atoms. The second-order valence-electron chi connectivity index (χ2n) is 6.04. The Morgan fingerprint density at radius 2 is 2.10 bits per heavy atom. The van der Waals surface area contributed by atoms with Crippen molar-refractivity contribution in [1.82, 2.24) is 10.2 Å². The van der Waals surface area contributed by atoms with Crippen molar-refractivity contribution in [2.45, 2.75) is 50.6 Å². The van der Waals surface area contributed by atoms with Crippen molar-refractivity contribution in [2.24, 2.45) is 5.92 Å². The summed E-state index contributed by atoms with van der Waals surface area (Å²) in [6, 6.07) is 3.01. The van der Waals surface area contributed by atoms with Crippen LogP contribution < -0.4 is 5.32 Å². The highest BCUT2D eigenvalue weighted by Crippen LogP contribution is 2.57. The number of alkyl halides is 3. The smallest absolute Gasteiger partial charge is 0.306 e. The molecular weight excluding hydrogens is 301 g/mol. The lowest BCUT2D eigenvalue weighted by Gasteiger charge is -2.34. The van der Waals surface area contributed by atoms with Gasteiger partial charge in [0, 0.05) is 4.88 Å². The third-order valence-corrected chi connectivity index (χ3v) is 5.22. The zero-order valence-electron chi connectivity index (χ0n) is 11.8. The Hall–Kier alpha value is -1.08. The quantitative estimate of drug-likeness (QED) is 0.927. The van der Waals surface area contributed by atoms with Crippen LogP contribution >= 0.6 is 11.3 Å². The third kappa shape index (κ3) is 2.17. The van der Waals surface area contributed by atoms with Gasteiger partial charge >= 0.3 is 6.18 Å². The molecule has 7 heteroatoms. The molecule has 3 nitrogen and oxygen atoms in total. The Kier molecular flexibility index (Phi) is 3.33. The standard InChI is InChI=1S/C14H17F3N2OS/c1-8(2)10-12(20)19(13(5-6-13)14(15,16)17)11(18-10)9-4-3-7-21-9/h3-4,7-8,10-11,18H,5-6H2,1-2H3. The number of hydrogen-bond acceptors (Lipinski definition) is 3. The molecule has 1 N–H and O–H groups in total. The zero-order valence-corrected chi connectivity index (χ0v) is 12.6. The van der Waals surface area contributed by atoms with E-state index in [2.05, 4.69) is 5.32 Å². The van der Waals surface area contributed by atoms with Crippen LogP contribution in [0.2, 0.25) is 0 Å². The average molecular weight is 318 g/mol. The molecule has 2 aliphatic rings. The summed E-state index contributed by atoms with van der Waals surface area (Å²) in [7, 11) is 0. The Bertz CT molecular complexity index is 537. The van der Waals surface area contributed by atoms with E-state index in [1.807, 2.05) is 19.2 Å². The predicted octanol–water partition coefficient (Wildman–Crippen LogP) is 3.30. The largest absolute Gasteiger partial charge is 0.411 e. The van der Waals surface area contributed by atoms with Crippen LogP contribution in [0.3, 0.4) is 0 Å². The fourth-order valence-electron chi connectivity index (χ4n) is 2.96. The number of thiophene rings is 1. The van der Waals surface area contributed by atoms with E-state index in [-0.39, 0.29) is 18.8 Å². The fraction of sp³-hybridized carbons (Fsp3) is 0.643. The SMILES string of the molecule is CC(C)C1NC(c2cccs2)N(C2(C(F)(F)F)CC2)C1=O. The molecule has 2 atom stereocenters. The number of carbonyl (C=O) groups excluding carboxylic acids is 1. The van der Waals surface area contributed by atoms with Crippen LogP contribution in [0.15, 0.2) is 17.5 Å². The van der Waals surface area contributed by atoms with E-state index in [0.717, 1.165) is 9.78 Å². The van der Waals surface area contributed by atoms with E-state index >= 15 is 0 Å². The molecule has 1 aromatic rings. The second-order valence-corrected chi connectivity index (χ2v) is 7.02. The summed E-state index contributed by atoms with van der Waals surface area (Å²) in [6.07, 6.45) is -5.06. The monoisotopic (exact) mass is 318 g/mol. The summed E-state index contributed by atoms with van der Waals surface area (Å²) in [5.74, 6) is -0.479. The van der Waals surface area contributed by atoms with Crippen LogP contribution in [0.4, 0.5) is 13.2 Å². The van der Waals surface area contributed by atoms with Gasteiger partial charge in [-0.3, -0.25) is 10.1 Å². The number of halogens is 3. The second kappa shape index (κ2) is 4.71. The van der Waals surface area contributed by atoms with Gasteiger partial charge < -0.3 is 4.90 Å². The van der Waals surface area contributed by atoms with Gasteiger partial charge in [0.05, 0.1) is 6.04 Å². The summed E-state index contributed by atoms with van der Waals surface area (Å²) < 4.78 is 40.3. The van der Waals surface area contributed by atoms with Gasteiger partial charge in [-0.2, -0.15) is 13.2 Å². The van der Waals surface area contributed by atoms with E-state index in [1.165, 1.54) is 11.3 Å². The molecule has 2 heterocycles. The maximum atomic E-state index is 13.4. The molecule has 1 saturated heterocycles. The molecule has 0 aromatic carbocycles. The zero-order chi connectivity index (χ0) is 15.4. The highest BCUT2D eigenvalue weighted by atomic mass is 32.1. The Balaban J connectivity index is 2.00. The first-order valence-corrected chi connectivity index (χ1v) is 7.85. The minimum Gasteiger partial charge on any atom is -0.306 e. The Labute approximate surface area is 125 Å². The molecule has 1 saturated carbocycles. The predicted molar refractivity (Wildman–Crippen MR) is 73.7 cm³/mol. The number of nitrogens with zero attached hydrogens (tertiary/aromatic N) is 1. The summed E-state index contributed by atoms with van der Waals surface area (Å²) in [6.45, 7) is 3.69. The van der Waals surface area contributed by atoms with Gasteiger partial charge in [0.25, 0.3) is 0 Å². The molecule has 1 aromatic heterocycles. The highest BCUT2D eigenvalue weighted by molar-refractivity contribution is 7.10. The lowest BCUT2D eigenvalue weighted by atomic mass is 10.0. The molecule has 1 amide bonds. The minimum atomic E-state index is -4.38. The summed E-state index contributed by atoms with van der Waals surface area (Å²) >= 11 is 1.37. The Morgan fingerprint density at radius 3 is 2.52 bits per heavy atom. The molecule has 116 valence electrons. The van der Waals surface area contributed by atoms with Crippen molar-refractivity contribution in [3.05, 3.63) is 22.4 Å². The van der Waals surface area contributed by atoms with Crippen molar-refractivity contribution in [3.63, 3.8) is 0 Å². The molecule has 2 unspecified atom stereocenters. The summed E-state index contributed by atoms with van der Waals surface area (Å²) in [5, 5.41) is 4.91. The van der Waals surface area contributed by atoms with Gasteiger partial charge in [0.15, 0.2) is 0 Å². The first-order valence-electron chi connectivity index (χ1n) is 6.97. The normalized spacial score (nSPS) is 28.5. The Morgan fingerprint density at radius 1 is 1.43 bits per heavy atom. The molecular formula is C14H17F3N2OS. The molecule has 1 aliphatic heterocycles. The van der Waals surface area contributed by atoms with Crippen molar-refractivity contribution >= 4 is 17.2 Å². The van der Waals surface area contributed by atoms with Crippen LogP contribution in [-0.4, -0.2) is 28.6 Å². The molecule has 3 rings (SSSR count). The first-order chi connectivity index (χ1) is 9.78. The van der Waals surface area contributed by atoms with Gasteiger partial charge in [0.1, 0.15) is 11.7 Å². The highest BCUT2D eigenvalue weighted by Gasteiger charge is 2.71. The maximum Gasteiger partial charge on any atom is 0.411 e. The lowest BCUT2D eigenvalue weighted by Crippen LogP contribution is -2.51. The number of nitrogens with one attached hydrogen (secondary N) is 1. The van der Waals surface area contributed by atoms with Gasteiger partial charge in [-0.15, -0.1) is 11.3 Å². The van der Waals surface area contributed by atoms with Gasteiger partial charge in [-0.25, -0.2) is 0 Å². The maximum absolute atomic E-state index is 13.4. The lowest BCUT2D eigenvalue weighted by molar-refractivity contribution is -0.202. The summed E-state index contributed by atoms with van der Waals surface area (Å²) in [5.41, 5.74) is -1.98.